The molecule has 0 radical (unpaired) electrons. The van der Waals surface area contributed by atoms with E-state index < -0.39 is 11.8 Å². The summed E-state index contributed by atoms with van der Waals surface area (Å²) in [6.07, 6.45) is 0. The lowest BCUT2D eigenvalue weighted by atomic mass is 10.1. The standard InChI is InChI=1S/C15H9ClFNO3/c16-11-2-4-14(13(6-11)15(19)20)21-8-10-5-12(17)3-1-9(10)7-18/h1-6H,8H2,(H,19,20). The third-order valence-corrected chi connectivity index (χ3v) is 2.98. The molecule has 0 bridgehead atoms. The number of halogens is 2. The molecule has 0 unspecified atom stereocenters. The van der Waals surface area contributed by atoms with Crippen LogP contribution in [0.4, 0.5) is 4.39 Å². The molecule has 2 rings (SSSR count). The van der Waals surface area contributed by atoms with Crippen molar-refractivity contribution in [1.82, 2.24) is 0 Å². The Morgan fingerprint density at radius 2 is 2.10 bits per heavy atom. The van der Waals surface area contributed by atoms with Gasteiger partial charge in [0.05, 0.1) is 11.6 Å². The number of benzene rings is 2. The van der Waals surface area contributed by atoms with Crippen molar-refractivity contribution in [3.8, 4) is 11.8 Å². The molecule has 21 heavy (non-hydrogen) atoms. The fraction of sp³-hybridized carbons (Fsp3) is 0.0667. The molecular formula is C15H9ClFNO3. The SMILES string of the molecule is N#Cc1ccc(F)cc1COc1ccc(Cl)cc1C(=O)O. The third kappa shape index (κ3) is 3.50. The number of carboxylic acids is 1. The Labute approximate surface area is 125 Å². The van der Waals surface area contributed by atoms with Gasteiger partial charge in [0.1, 0.15) is 23.7 Å². The van der Waals surface area contributed by atoms with Gasteiger partial charge >= 0.3 is 5.97 Å². The number of carboxylic acid groups (broad SMARTS) is 1. The van der Waals surface area contributed by atoms with Crippen molar-refractivity contribution in [3.63, 3.8) is 0 Å². The maximum absolute atomic E-state index is 13.2. The van der Waals surface area contributed by atoms with Crippen LogP contribution in [-0.2, 0) is 6.61 Å². The molecular weight excluding hydrogens is 297 g/mol. The fourth-order valence-electron chi connectivity index (χ4n) is 1.74. The van der Waals surface area contributed by atoms with Crippen LogP contribution >= 0.6 is 11.6 Å². The van der Waals surface area contributed by atoms with Crippen LogP contribution in [0.3, 0.4) is 0 Å². The number of ether oxygens (including phenoxy) is 1. The second-order valence-electron chi connectivity index (χ2n) is 4.15. The first-order chi connectivity index (χ1) is 10.0. The molecule has 0 heterocycles. The minimum Gasteiger partial charge on any atom is -0.488 e. The van der Waals surface area contributed by atoms with Crippen LogP contribution in [0, 0.1) is 17.1 Å². The van der Waals surface area contributed by atoms with Gasteiger partial charge in [0, 0.05) is 10.6 Å². The molecule has 6 heteroatoms. The Balaban J connectivity index is 2.27. The van der Waals surface area contributed by atoms with Crippen molar-refractivity contribution < 1.29 is 19.0 Å². The lowest BCUT2D eigenvalue weighted by Gasteiger charge is -2.10. The maximum Gasteiger partial charge on any atom is 0.339 e. The van der Waals surface area contributed by atoms with Crippen LogP contribution in [-0.4, -0.2) is 11.1 Å². The van der Waals surface area contributed by atoms with E-state index in [1.807, 2.05) is 6.07 Å². The minimum atomic E-state index is -1.19. The zero-order valence-corrected chi connectivity index (χ0v) is 11.4. The summed E-state index contributed by atoms with van der Waals surface area (Å²) in [6, 6.07) is 9.77. The van der Waals surface area contributed by atoms with Crippen molar-refractivity contribution in [1.29, 1.82) is 5.26 Å². The van der Waals surface area contributed by atoms with Crippen molar-refractivity contribution in [2.24, 2.45) is 0 Å². The van der Waals surface area contributed by atoms with Gasteiger partial charge in [0.25, 0.3) is 0 Å². The number of hydrogen-bond acceptors (Lipinski definition) is 3. The monoisotopic (exact) mass is 305 g/mol. The van der Waals surface area contributed by atoms with E-state index in [2.05, 4.69) is 0 Å². The van der Waals surface area contributed by atoms with Gasteiger partial charge in [-0.05, 0) is 36.4 Å². The Kier molecular flexibility index (Phi) is 4.41. The third-order valence-electron chi connectivity index (χ3n) is 2.74. The number of rotatable bonds is 4. The molecule has 0 aliphatic rings. The molecule has 0 aliphatic carbocycles. The van der Waals surface area contributed by atoms with E-state index in [0.717, 1.165) is 0 Å². The zero-order chi connectivity index (χ0) is 15.4. The van der Waals surface area contributed by atoms with Gasteiger partial charge in [0.15, 0.2) is 0 Å². The summed E-state index contributed by atoms with van der Waals surface area (Å²) in [6.45, 7) is -0.122. The first-order valence-corrected chi connectivity index (χ1v) is 6.23. The summed E-state index contributed by atoms with van der Waals surface area (Å²) in [5, 5.41) is 18.3. The summed E-state index contributed by atoms with van der Waals surface area (Å²) in [4.78, 5) is 11.1. The summed E-state index contributed by atoms with van der Waals surface area (Å²) in [5.74, 6) is -1.59. The van der Waals surface area contributed by atoms with E-state index >= 15 is 0 Å². The van der Waals surface area contributed by atoms with Gasteiger partial charge in [-0.1, -0.05) is 11.6 Å². The van der Waals surface area contributed by atoms with Crippen LogP contribution in [0.15, 0.2) is 36.4 Å². The summed E-state index contributed by atoms with van der Waals surface area (Å²) in [7, 11) is 0. The average molecular weight is 306 g/mol. The highest BCUT2D eigenvalue weighted by atomic mass is 35.5. The fourth-order valence-corrected chi connectivity index (χ4v) is 1.91. The molecule has 0 atom stereocenters. The largest absolute Gasteiger partial charge is 0.488 e. The van der Waals surface area contributed by atoms with Crippen molar-refractivity contribution in [2.45, 2.75) is 6.61 Å². The smallest absolute Gasteiger partial charge is 0.339 e. The number of carbonyl (C=O) groups is 1. The topological polar surface area (TPSA) is 70.3 Å². The van der Waals surface area contributed by atoms with Gasteiger partial charge in [-0.25, -0.2) is 9.18 Å². The van der Waals surface area contributed by atoms with Gasteiger partial charge in [0.2, 0.25) is 0 Å². The van der Waals surface area contributed by atoms with Crippen molar-refractivity contribution >= 4 is 17.6 Å². The van der Waals surface area contributed by atoms with Crippen LogP contribution in [0.5, 0.6) is 5.75 Å². The van der Waals surface area contributed by atoms with Gasteiger partial charge < -0.3 is 9.84 Å². The molecule has 0 aliphatic heterocycles. The van der Waals surface area contributed by atoms with Crippen LogP contribution in [0.1, 0.15) is 21.5 Å². The van der Waals surface area contributed by atoms with Gasteiger partial charge in [-0.2, -0.15) is 5.26 Å². The predicted molar refractivity (Wildman–Crippen MR) is 73.9 cm³/mol. The Morgan fingerprint density at radius 3 is 2.76 bits per heavy atom. The van der Waals surface area contributed by atoms with Crippen LogP contribution < -0.4 is 4.74 Å². The molecule has 0 fully saturated rings. The van der Waals surface area contributed by atoms with E-state index in [4.69, 9.17) is 26.7 Å². The molecule has 2 aromatic rings. The number of hydrogen-bond donors (Lipinski definition) is 1. The second kappa shape index (κ2) is 6.25. The maximum atomic E-state index is 13.2. The minimum absolute atomic E-state index is 0.0973. The first-order valence-electron chi connectivity index (χ1n) is 5.85. The summed E-state index contributed by atoms with van der Waals surface area (Å²) < 4.78 is 18.6. The van der Waals surface area contributed by atoms with E-state index in [1.165, 1.54) is 36.4 Å². The molecule has 4 nitrogen and oxygen atoms in total. The lowest BCUT2D eigenvalue weighted by Crippen LogP contribution is -2.04. The van der Waals surface area contributed by atoms with Crippen LogP contribution in [0.25, 0.3) is 0 Å². The quantitative estimate of drug-likeness (QED) is 0.936. The van der Waals surface area contributed by atoms with Crippen molar-refractivity contribution in [2.75, 3.05) is 0 Å². The van der Waals surface area contributed by atoms with Gasteiger partial charge in [-0.15, -0.1) is 0 Å². The Bertz CT molecular complexity index is 740. The highest BCUT2D eigenvalue weighted by Crippen LogP contribution is 2.24. The van der Waals surface area contributed by atoms with E-state index in [9.17, 15) is 9.18 Å². The van der Waals surface area contributed by atoms with E-state index in [0.29, 0.717) is 5.56 Å². The molecule has 1 N–H and O–H groups in total. The highest BCUT2D eigenvalue weighted by molar-refractivity contribution is 6.31. The molecule has 2 aromatic carbocycles. The normalized spacial score (nSPS) is 9.95. The molecule has 106 valence electrons. The number of nitrogens with zero attached hydrogens (tertiary/aromatic N) is 1. The number of nitriles is 1. The highest BCUT2D eigenvalue weighted by Gasteiger charge is 2.13. The molecule has 0 saturated carbocycles. The zero-order valence-electron chi connectivity index (χ0n) is 10.6. The lowest BCUT2D eigenvalue weighted by molar-refractivity contribution is 0.0691. The summed E-state index contributed by atoms with van der Waals surface area (Å²) in [5.41, 5.74) is 0.503. The summed E-state index contributed by atoms with van der Waals surface area (Å²) >= 11 is 5.73. The van der Waals surface area contributed by atoms with E-state index in [1.54, 1.807) is 0 Å². The molecule has 0 amide bonds. The average Bonchev–Trinajstić information content (AvgIpc) is 2.46. The van der Waals surface area contributed by atoms with E-state index in [-0.39, 0.29) is 28.5 Å². The van der Waals surface area contributed by atoms with Gasteiger partial charge in [-0.3, -0.25) is 0 Å². The Hall–Kier alpha value is -2.58. The predicted octanol–water partition coefficient (Wildman–Crippen LogP) is 3.63. The second-order valence-corrected chi connectivity index (χ2v) is 4.58. The first kappa shape index (κ1) is 14.8. The Morgan fingerprint density at radius 1 is 1.33 bits per heavy atom. The van der Waals surface area contributed by atoms with Crippen LogP contribution in [0.2, 0.25) is 5.02 Å². The molecule has 0 saturated heterocycles. The van der Waals surface area contributed by atoms with Crippen molar-refractivity contribution in [3.05, 3.63) is 63.9 Å². The number of aromatic carboxylic acids is 1. The molecule has 0 aromatic heterocycles. The molecule has 0 spiro atoms.